The lowest BCUT2D eigenvalue weighted by Crippen LogP contribution is -2.81. The van der Waals surface area contributed by atoms with Crippen LogP contribution >= 0.6 is 26.1 Å². The van der Waals surface area contributed by atoms with Crippen LogP contribution in [0.1, 0.15) is 203 Å². The third kappa shape index (κ3) is 11.9. The highest BCUT2D eigenvalue weighted by molar-refractivity contribution is 8.33. The first-order valence-electron chi connectivity index (χ1n) is 31.2. The van der Waals surface area contributed by atoms with Gasteiger partial charge in [0.2, 0.25) is 0 Å². The zero-order chi connectivity index (χ0) is 70.4. The van der Waals surface area contributed by atoms with Crippen LogP contribution < -0.4 is 32.1 Å². The fraction of sp³-hybridized carbons (Fsp3) is 0.333. The topological polar surface area (TPSA) is 18.7 Å². The number of hydrogen-bond acceptors (Lipinski definition) is 0. The second-order valence-corrected chi connectivity index (χ2v) is 31.5. The molecule has 2 heterocycles. The molecule has 1 unspecified atom stereocenters. The molecule has 95 heavy (non-hydrogen) atoms. The van der Waals surface area contributed by atoms with E-state index in [1.54, 1.807) is 79.7 Å². The van der Waals surface area contributed by atoms with Crippen molar-refractivity contribution in [1.29, 1.82) is 0 Å². The average Bonchev–Trinajstić information content (AvgIpc) is 1.67. The summed E-state index contributed by atoms with van der Waals surface area (Å²) in [5.74, 6) is -49.8. The lowest BCUT2D eigenvalue weighted by Gasteiger charge is -2.42. The van der Waals surface area contributed by atoms with Crippen molar-refractivity contribution in [2.45, 2.75) is 158 Å². The van der Waals surface area contributed by atoms with Gasteiger partial charge in [0.05, 0.1) is 17.6 Å². The lowest BCUT2D eigenvalue weighted by atomic mass is 9.13. The minimum absolute atomic E-state index is 0.0457. The van der Waals surface area contributed by atoms with Crippen molar-refractivity contribution >= 4 is 59.8 Å². The maximum Gasteiger partial charge on any atom is 0.308 e. The smallest absolute Gasteiger partial charge is 0.297 e. The van der Waals surface area contributed by atoms with E-state index >= 15 is 65.9 Å². The molecule has 0 bridgehead atoms. The molecule has 0 aliphatic carbocycles. The first-order valence-corrected chi connectivity index (χ1v) is 35.1. The van der Waals surface area contributed by atoms with Gasteiger partial charge < -0.3 is 0 Å². The molecule has 7 aromatic carbocycles. The first kappa shape index (κ1) is 72.3. The van der Waals surface area contributed by atoms with E-state index in [-0.39, 0.29) is 54.1 Å². The van der Waals surface area contributed by atoms with E-state index in [1.165, 1.54) is 16.7 Å². The summed E-state index contributed by atoms with van der Waals surface area (Å²) in [6, 6.07) is 21.2. The molecule has 504 valence electrons. The molecule has 23 heteroatoms. The molecule has 0 spiro atoms. The number of para-hydroxylation sites is 4. The predicted octanol–water partition coefficient (Wildman–Crippen LogP) is 20.1. The monoisotopic (exact) mass is 1380 g/mol. The summed E-state index contributed by atoms with van der Waals surface area (Å²) in [6.45, 7) is 26.6. The highest BCUT2D eigenvalue weighted by atomic mass is 35.7. The molecule has 0 saturated carbocycles. The molecule has 0 saturated heterocycles. The van der Waals surface area contributed by atoms with Crippen LogP contribution in [0, 0.1) is 92.5 Å². The van der Waals surface area contributed by atoms with Gasteiger partial charge in [-0.25, -0.2) is 70.4 Å². The Morgan fingerprint density at radius 2 is 0.579 bits per heavy atom. The van der Waals surface area contributed by atoms with Gasteiger partial charge in [-0.15, -0.1) is 16.4 Å². The van der Waals surface area contributed by atoms with Crippen LogP contribution in [0.4, 0.5) is 65.9 Å². The van der Waals surface area contributed by atoms with Crippen LogP contribution in [-0.4, -0.2) is 19.8 Å². The van der Waals surface area contributed by atoms with E-state index in [0.717, 1.165) is 26.8 Å². The number of benzene rings is 7. The van der Waals surface area contributed by atoms with E-state index in [2.05, 4.69) is 0 Å². The van der Waals surface area contributed by atoms with E-state index in [1.807, 2.05) is 113 Å². The van der Waals surface area contributed by atoms with E-state index in [0.29, 0.717) is 33.9 Å². The molecular formula is C72H71BClF15N4P2. The Morgan fingerprint density at radius 1 is 0.347 bits per heavy atom. The third-order valence-electron chi connectivity index (χ3n) is 17.9. The SMILES string of the molecule is CC(C)c1cccc(C(C)C)c1-n1c([B-](c2c(F)c(F)c(F)c(F)c2F)(c2c(F)c(F)c(F)c(F)c2F)c2c(F)c(F)c(F)c(F)c2F)c[n+](-c2c(C(C)C)cccc2C(C)C)c1P(Cl)P=c1n(-c2c(C(C)C)cccc2C(C)C)ccn1-c1c(C(C)C)cccc1C(C)C. The first-order chi connectivity index (χ1) is 44.5. The van der Waals surface area contributed by atoms with Gasteiger partial charge in [0.15, 0.2) is 70.7 Å². The van der Waals surface area contributed by atoms with E-state index in [9.17, 15) is 0 Å². The third-order valence-corrected chi connectivity index (χ3v) is 22.1. The zero-order valence-corrected chi connectivity index (χ0v) is 57.6. The van der Waals surface area contributed by atoms with Gasteiger partial charge in [-0.05, 0) is 75.2 Å². The molecule has 2 aromatic heterocycles. The van der Waals surface area contributed by atoms with E-state index in [4.69, 9.17) is 11.2 Å². The van der Waals surface area contributed by atoms with Crippen LogP contribution in [-0.2, 0) is 0 Å². The molecule has 0 aliphatic heterocycles. The number of rotatable bonds is 18. The molecule has 9 rings (SSSR count). The zero-order valence-electron chi connectivity index (χ0n) is 55.1. The summed E-state index contributed by atoms with van der Waals surface area (Å²) in [4.78, 5) is 0. The average molecular weight is 1390 g/mol. The van der Waals surface area contributed by atoms with Crippen LogP contribution in [0.15, 0.2) is 91.4 Å². The molecule has 0 N–H and O–H groups in total. The standard InChI is InChI=1S/C72H71BClF15N4P2/c1-32(2)40-21-17-22-41(33(3)4)67(40)90-29-30-91(68-42(34(5)6)23-18-24-43(68)35(7)8)71(90)94-95(74)72-92(69-44(36(9)10)25-19-26-45(69)37(11)12)31-48(93(72)70-46(38(13)14)27-20-28-47(70)39(15)16)73(49-52(75)58(81)64(87)59(82)53(49)76,50-54(77)60(83)65(88)61(84)55(50)78)51-56(79)62(85)66(89)63(86)57(51)80/h17-39H,1-16H3. The van der Waals surface area contributed by atoms with E-state index < -0.39 is 152 Å². The number of aromatic nitrogens is 4. The quantitative estimate of drug-likeness (QED) is 0.0204. The molecule has 0 aliphatic rings. The van der Waals surface area contributed by atoms with Crippen LogP contribution in [0.5, 0.6) is 0 Å². The van der Waals surface area contributed by atoms with Gasteiger partial charge >= 0.3 is 5.57 Å². The maximum atomic E-state index is 18.2. The Hall–Kier alpha value is -7.01. The van der Waals surface area contributed by atoms with Crippen LogP contribution in [0.25, 0.3) is 22.7 Å². The Balaban J connectivity index is 1.77. The number of nitrogens with zero attached hydrogens (tertiary/aromatic N) is 4. The van der Waals surface area contributed by atoms with Gasteiger partial charge in [0, 0.05) is 42.5 Å². The second-order valence-electron chi connectivity index (χ2n) is 26.5. The molecular weight excluding hydrogens is 1310 g/mol. The van der Waals surface area contributed by atoms with Crippen molar-refractivity contribution in [3.05, 3.63) is 228 Å². The maximum absolute atomic E-state index is 18.2. The second kappa shape index (κ2) is 27.5. The molecule has 0 radical (unpaired) electrons. The van der Waals surface area contributed by atoms with Crippen molar-refractivity contribution in [2.24, 2.45) is 0 Å². The number of hydrogen-bond donors (Lipinski definition) is 0. The fourth-order valence-corrected chi connectivity index (χ4v) is 17.8. The van der Waals surface area contributed by atoms with Crippen LogP contribution in [0.2, 0.25) is 0 Å². The largest absolute Gasteiger partial charge is 0.308 e. The van der Waals surface area contributed by atoms with Gasteiger partial charge in [0.25, 0.3) is 0 Å². The minimum Gasteiger partial charge on any atom is -0.297 e. The summed E-state index contributed by atoms with van der Waals surface area (Å²) < 4.78 is 263. The van der Waals surface area contributed by atoms with Gasteiger partial charge in [-0.2, -0.15) is 4.57 Å². The van der Waals surface area contributed by atoms with Crippen LogP contribution in [0.3, 0.4) is 0 Å². The van der Waals surface area contributed by atoms with Crippen molar-refractivity contribution in [2.75, 3.05) is 0 Å². The van der Waals surface area contributed by atoms with Gasteiger partial charge in [0.1, 0.15) is 46.3 Å². The van der Waals surface area contributed by atoms with Gasteiger partial charge in [-0.3, -0.25) is 9.13 Å². The summed E-state index contributed by atoms with van der Waals surface area (Å²) in [5, 5.41) is 0.371. The molecule has 1 atom stereocenters. The van der Waals surface area contributed by atoms with Crippen molar-refractivity contribution in [3.8, 4) is 22.7 Å². The Bertz CT molecular complexity index is 4140. The fourth-order valence-electron chi connectivity index (χ4n) is 13.3. The minimum atomic E-state index is -6.46. The summed E-state index contributed by atoms with van der Waals surface area (Å²) in [6.07, 6.45) is -2.10. The van der Waals surface area contributed by atoms with Crippen molar-refractivity contribution < 1.29 is 70.4 Å². The van der Waals surface area contributed by atoms with Crippen molar-refractivity contribution in [1.82, 2.24) is 13.7 Å². The summed E-state index contributed by atoms with van der Waals surface area (Å²) in [5.41, 5.74) is -4.56. The van der Waals surface area contributed by atoms with Gasteiger partial charge in [-0.1, -0.05) is 195 Å². The highest BCUT2D eigenvalue weighted by Crippen LogP contribution is 2.56. The Labute approximate surface area is 550 Å². The molecule has 9 aromatic rings. The number of halogens is 16. The normalized spacial score (nSPS) is 12.8. The lowest BCUT2D eigenvalue weighted by molar-refractivity contribution is -0.575. The Kier molecular flexibility index (Phi) is 20.9. The summed E-state index contributed by atoms with van der Waals surface area (Å²) >= 11 is 8.50. The van der Waals surface area contributed by atoms with Crippen molar-refractivity contribution in [3.63, 3.8) is 0 Å². The highest BCUT2D eigenvalue weighted by Gasteiger charge is 2.55. The molecule has 0 amide bonds. The molecule has 0 fully saturated rings. The Morgan fingerprint density at radius 3 is 0.832 bits per heavy atom. The summed E-state index contributed by atoms with van der Waals surface area (Å²) in [7, 11) is 0.0457. The number of imidazole rings is 2. The molecule has 4 nitrogen and oxygen atoms in total. The predicted molar refractivity (Wildman–Crippen MR) is 351 cm³/mol.